The maximum atomic E-state index is 13.7. The van der Waals surface area contributed by atoms with Crippen LogP contribution in [0.2, 0.25) is 0 Å². The van der Waals surface area contributed by atoms with Crippen molar-refractivity contribution in [3.63, 3.8) is 0 Å². The molecule has 1 saturated heterocycles. The van der Waals surface area contributed by atoms with Gasteiger partial charge in [-0.15, -0.1) is 0 Å². The van der Waals surface area contributed by atoms with Crippen molar-refractivity contribution in [1.29, 1.82) is 0 Å². The van der Waals surface area contributed by atoms with Gasteiger partial charge in [-0.05, 0) is 56.7 Å². The molecule has 5 rings (SSSR count). The number of piperidine rings is 1. The molecule has 2 aromatic carbocycles. The number of hydrogen-bond acceptors (Lipinski definition) is 5. The lowest BCUT2D eigenvalue weighted by molar-refractivity contribution is -0.138. The molecule has 37 heavy (non-hydrogen) atoms. The number of ether oxygens (including phenoxy) is 2. The predicted octanol–water partition coefficient (Wildman–Crippen LogP) is 4.91. The van der Waals surface area contributed by atoms with E-state index in [1.165, 1.54) is 31.4 Å². The van der Waals surface area contributed by atoms with Gasteiger partial charge in [-0.3, -0.25) is 9.69 Å². The molecular weight excluding hydrogens is 483 g/mol. The molecule has 0 N–H and O–H groups in total. The smallest absolute Gasteiger partial charge is 0.416 e. The molecule has 0 aliphatic carbocycles. The maximum Gasteiger partial charge on any atom is 0.416 e. The zero-order valence-corrected chi connectivity index (χ0v) is 21.0. The minimum atomic E-state index is -4.43. The summed E-state index contributed by atoms with van der Waals surface area (Å²) in [6.45, 7) is 4.56. The third-order valence-corrected chi connectivity index (χ3v) is 7.12. The van der Waals surface area contributed by atoms with Gasteiger partial charge in [0.25, 0.3) is 5.56 Å². The van der Waals surface area contributed by atoms with Crippen LogP contribution < -0.4 is 15.0 Å². The van der Waals surface area contributed by atoms with E-state index in [1.807, 2.05) is 18.2 Å². The number of fused-ring (bicyclic) bond motifs is 2. The Balaban J connectivity index is 1.46. The zero-order valence-electron chi connectivity index (χ0n) is 21.0. The number of rotatable bonds is 7. The Hall–Kier alpha value is -3.04. The second-order valence-corrected chi connectivity index (χ2v) is 9.91. The summed E-state index contributed by atoms with van der Waals surface area (Å²) in [5.74, 6) is 1.26. The van der Waals surface area contributed by atoms with Crippen molar-refractivity contribution >= 4 is 10.9 Å². The average molecular weight is 516 g/mol. The molecule has 0 amide bonds. The molecule has 0 atom stereocenters. The molecular formula is C28H32F3N3O3. The summed E-state index contributed by atoms with van der Waals surface area (Å²) in [5, 5.41) is 0.849. The second kappa shape index (κ2) is 10.8. The molecule has 0 saturated carbocycles. The van der Waals surface area contributed by atoms with E-state index in [0.29, 0.717) is 36.8 Å². The topological polar surface area (TPSA) is 46.9 Å². The van der Waals surface area contributed by atoms with Crippen molar-refractivity contribution < 1.29 is 22.6 Å². The van der Waals surface area contributed by atoms with Gasteiger partial charge in [0.2, 0.25) is 0 Å². The highest BCUT2D eigenvalue weighted by Crippen LogP contribution is 2.35. The van der Waals surface area contributed by atoms with Crippen molar-refractivity contribution in [3.05, 3.63) is 69.5 Å². The molecule has 3 aromatic rings. The Morgan fingerprint density at radius 1 is 0.892 bits per heavy atom. The van der Waals surface area contributed by atoms with Crippen molar-refractivity contribution in [3.8, 4) is 11.5 Å². The van der Waals surface area contributed by atoms with Gasteiger partial charge < -0.3 is 18.9 Å². The van der Waals surface area contributed by atoms with Crippen LogP contribution in [-0.4, -0.2) is 54.3 Å². The Kier molecular flexibility index (Phi) is 7.44. The second-order valence-electron chi connectivity index (χ2n) is 9.91. The highest BCUT2D eigenvalue weighted by molar-refractivity contribution is 5.84. The summed E-state index contributed by atoms with van der Waals surface area (Å²) in [7, 11) is 1.73. The minimum absolute atomic E-state index is 0.0715. The highest BCUT2D eigenvalue weighted by Gasteiger charge is 2.33. The number of alkyl halides is 3. The number of benzene rings is 2. The van der Waals surface area contributed by atoms with E-state index < -0.39 is 11.7 Å². The van der Waals surface area contributed by atoms with Gasteiger partial charge in [0.1, 0.15) is 13.2 Å². The molecule has 2 aliphatic rings. The molecule has 0 bridgehead atoms. The van der Waals surface area contributed by atoms with Crippen LogP contribution in [0.5, 0.6) is 11.5 Å². The third-order valence-electron chi connectivity index (χ3n) is 7.12. The van der Waals surface area contributed by atoms with E-state index >= 15 is 0 Å². The van der Waals surface area contributed by atoms with E-state index in [4.69, 9.17) is 9.47 Å². The van der Waals surface area contributed by atoms with Crippen LogP contribution in [0.3, 0.4) is 0 Å². The number of aromatic nitrogens is 1. The van der Waals surface area contributed by atoms with Crippen molar-refractivity contribution in [1.82, 2.24) is 14.4 Å². The van der Waals surface area contributed by atoms with Crippen molar-refractivity contribution in [2.75, 3.05) is 39.9 Å². The molecule has 3 heterocycles. The minimum Gasteiger partial charge on any atom is -0.486 e. The molecule has 0 radical (unpaired) electrons. The predicted molar refractivity (Wildman–Crippen MR) is 136 cm³/mol. The average Bonchev–Trinajstić information content (AvgIpc) is 2.88. The van der Waals surface area contributed by atoms with Gasteiger partial charge in [-0.2, -0.15) is 13.2 Å². The fourth-order valence-corrected chi connectivity index (χ4v) is 5.31. The molecule has 6 nitrogen and oxygen atoms in total. The number of nitrogens with zero attached hydrogens (tertiary/aromatic N) is 3. The Labute approximate surface area is 214 Å². The van der Waals surface area contributed by atoms with Gasteiger partial charge in [0, 0.05) is 43.2 Å². The fourth-order valence-electron chi connectivity index (χ4n) is 5.31. The lowest BCUT2D eigenvalue weighted by atomic mass is 10.1. The first-order valence-corrected chi connectivity index (χ1v) is 12.8. The van der Waals surface area contributed by atoms with E-state index in [0.717, 1.165) is 36.6 Å². The number of likely N-dealkylation sites (tertiary alicyclic amines) is 1. The first kappa shape index (κ1) is 25.6. The van der Waals surface area contributed by atoms with Crippen LogP contribution in [0.1, 0.15) is 36.0 Å². The number of hydrogen-bond donors (Lipinski definition) is 0. The summed E-state index contributed by atoms with van der Waals surface area (Å²) in [4.78, 5) is 17.8. The fraction of sp³-hybridized carbons (Fsp3) is 0.464. The van der Waals surface area contributed by atoms with E-state index in [1.54, 1.807) is 22.6 Å². The van der Waals surface area contributed by atoms with Crippen LogP contribution in [0.25, 0.3) is 10.9 Å². The molecule has 198 valence electrons. The van der Waals surface area contributed by atoms with Crippen molar-refractivity contribution in [2.45, 2.75) is 45.1 Å². The summed E-state index contributed by atoms with van der Waals surface area (Å²) >= 11 is 0. The normalized spacial score (nSPS) is 16.5. The lowest BCUT2D eigenvalue weighted by Crippen LogP contribution is -2.36. The molecule has 2 aliphatic heterocycles. The first-order valence-electron chi connectivity index (χ1n) is 12.8. The Morgan fingerprint density at radius 2 is 1.57 bits per heavy atom. The molecule has 1 aromatic heterocycles. The van der Waals surface area contributed by atoms with Crippen LogP contribution in [0.4, 0.5) is 13.2 Å². The number of pyridine rings is 1. The van der Waals surface area contributed by atoms with Crippen LogP contribution in [0.15, 0.2) is 47.3 Å². The third kappa shape index (κ3) is 5.78. The van der Waals surface area contributed by atoms with Gasteiger partial charge in [0.15, 0.2) is 11.5 Å². The van der Waals surface area contributed by atoms with Gasteiger partial charge in [-0.1, -0.05) is 24.6 Å². The molecule has 0 spiro atoms. The quantitative estimate of drug-likeness (QED) is 0.448. The van der Waals surface area contributed by atoms with E-state index in [-0.39, 0.29) is 24.2 Å². The van der Waals surface area contributed by atoms with Crippen LogP contribution >= 0.6 is 0 Å². The summed E-state index contributed by atoms with van der Waals surface area (Å²) < 4.78 is 53.8. The van der Waals surface area contributed by atoms with Gasteiger partial charge >= 0.3 is 6.18 Å². The summed E-state index contributed by atoms with van der Waals surface area (Å²) in [5.41, 5.74) is 0.721. The summed E-state index contributed by atoms with van der Waals surface area (Å²) in [6.07, 6.45) is -0.859. The lowest BCUT2D eigenvalue weighted by Gasteiger charge is -2.27. The first-order chi connectivity index (χ1) is 17.8. The maximum absolute atomic E-state index is 13.7. The summed E-state index contributed by atoms with van der Waals surface area (Å²) in [6, 6.07) is 11.2. The van der Waals surface area contributed by atoms with Crippen LogP contribution in [0, 0.1) is 0 Å². The van der Waals surface area contributed by atoms with E-state index in [2.05, 4.69) is 4.90 Å². The zero-order chi connectivity index (χ0) is 26.0. The largest absolute Gasteiger partial charge is 0.486 e. The van der Waals surface area contributed by atoms with Gasteiger partial charge in [-0.25, -0.2) is 0 Å². The Bertz CT molecular complexity index is 1320. The number of halogens is 3. The monoisotopic (exact) mass is 515 g/mol. The molecule has 1 fully saturated rings. The van der Waals surface area contributed by atoms with E-state index in [9.17, 15) is 18.0 Å². The SMILES string of the molecule is CN(Cc1ccccc1C(F)(F)F)Cc1cc2cc3c(cc2n(CCN2CCCCC2)c1=O)OCCO3. The van der Waals surface area contributed by atoms with Crippen LogP contribution in [-0.2, 0) is 25.8 Å². The molecule has 0 unspecified atom stereocenters. The van der Waals surface area contributed by atoms with Gasteiger partial charge in [0.05, 0.1) is 11.1 Å². The molecule has 9 heteroatoms. The van der Waals surface area contributed by atoms with Crippen molar-refractivity contribution in [2.24, 2.45) is 0 Å². The standard InChI is InChI=1S/C28H32F3N3O3/c1-32(18-20-7-3-4-8-23(20)28(29,30)31)19-22-15-21-16-25-26(37-14-13-36-25)17-24(21)34(27(22)35)12-11-33-9-5-2-6-10-33/h3-4,7-8,15-17H,2,5-6,9-14,18-19H2,1H3. The Morgan fingerprint density at radius 3 is 2.30 bits per heavy atom. The highest BCUT2D eigenvalue weighted by atomic mass is 19.4.